The van der Waals surface area contributed by atoms with E-state index in [0.717, 1.165) is 5.56 Å². The van der Waals surface area contributed by atoms with Crippen molar-refractivity contribution in [3.63, 3.8) is 0 Å². The summed E-state index contributed by atoms with van der Waals surface area (Å²) in [4.78, 5) is 40.0. The van der Waals surface area contributed by atoms with Crippen LogP contribution in [-0.2, 0) is 10.3 Å². The first-order valence-corrected chi connectivity index (χ1v) is 10.5. The maximum atomic E-state index is 13.9. The molecule has 1 saturated heterocycles. The van der Waals surface area contributed by atoms with Crippen LogP contribution in [-0.4, -0.2) is 35.1 Å². The standard InChI is InChI=1S/C25H20FN3O4/c1-28-14-19(15-8-12-18(13-9-15)29(32)33)22(23(30)16-6-10-17(26)11-7-16)25(28)20-4-2-3-5-21(20)27-24(25)31/h2-13,19,22H,14H2,1H3,(H,27,31)/t19-,22-,25-/m1/s1. The summed E-state index contributed by atoms with van der Waals surface area (Å²) in [5.41, 5.74) is 1.08. The zero-order chi connectivity index (χ0) is 23.3. The van der Waals surface area contributed by atoms with E-state index in [-0.39, 0.29) is 17.4 Å². The quantitative estimate of drug-likeness (QED) is 0.371. The van der Waals surface area contributed by atoms with Crippen LogP contribution in [0.2, 0.25) is 0 Å². The van der Waals surface area contributed by atoms with E-state index in [1.54, 1.807) is 25.2 Å². The number of nitro benzene ring substituents is 1. The van der Waals surface area contributed by atoms with Crippen molar-refractivity contribution in [2.75, 3.05) is 18.9 Å². The highest BCUT2D eigenvalue weighted by atomic mass is 19.1. The van der Waals surface area contributed by atoms with Gasteiger partial charge in [-0.2, -0.15) is 0 Å². The molecule has 2 heterocycles. The van der Waals surface area contributed by atoms with Gasteiger partial charge in [-0.25, -0.2) is 4.39 Å². The molecule has 1 amide bonds. The van der Waals surface area contributed by atoms with E-state index < -0.39 is 28.1 Å². The third-order valence-electron chi connectivity index (χ3n) is 6.80. The van der Waals surface area contributed by atoms with Gasteiger partial charge in [-0.1, -0.05) is 30.3 Å². The lowest BCUT2D eigenvalue weighted by molar-refractivity contribution is -0.384. The average Bonchev–Trinajstić information content (AvgIpc) is 3.29. The number of likely N-dealkylation sites (N-methyl/N-ethyl adjacent to an activating group) is 1. The molecule has 0 radical (unpaired) electrons. The smallest absolute Gasteiger partial charge is 0.269 e. The molecule has 0 saturated carbocycles. The monoisotopic (exact) mass is 445 g/mol. The fraction of sp³-hybridized carbons (Fsp3) is 0.200. The molecule has 1 spiro atoms. The normalized spacial score (nSPS) is 24.0. The Morgan fingerprint density at radius 1 is 1.09 bits per heavy atom. The molecule has 0 bridgehead atoms. The summed E-state index contributed by atoms with van der Waals surface area (Å²) in [6.45, 7) is 0.386. The first kappa shape index (κ1) is 21.0. The maximum Gasteiger partial charge on any atom is 0.269 e. The molecule has 1 N–H and O–H groups in total. The van der Waals surface area contributed by atoms with Crippen molar-refractivity contribution in [3.8, 4) is 0 Å². The topological polar surface area (TPSA) is 92.5 Å². The van der Waals surface area contributed by atoms with E-state index in [1.807, 2.05) is 23.1 Å². The van der Waals surface area contributed by atoms with Gasteiger partial charge in [0.2, 0.25) is 5.91 Å². The summed E-state index contributed by atoms with van der Waals surface area (Å²) in [5, 5.41) is 14.0. The Morgan fingerprint density at radius 3 is 2.42 bits per heavy atom. The third kappa shape index (κ3) is 3.06. The molecule has 2 aliphatic rings. The fourth-order valence-corrected chi connectivity index (χ4v) is 5.33. The number of benzene rings is 3. The van der Waals surface area contributed by atoms with Gasteiger partial charge >= 0.3 is 0 Å². The Labute approximate surface area is 189 Å². The Kier molecular flexibility index (Phi) is 4.83. The molecule has 1 fully saturated rings. The summed E-state index contributed by atoms with van der Waals surface area (Å²) < 4.78 is 13.5. The Morgan fingerprint density at radius 2 is 1.76 bits per heavy atom. The number of fused-ring (bicyclic) bond motifs is 2. The van der Waals surface area contributed by atoms with Crippen molar-refractivity contribution >= 4 is 23.1 Å². The molecule has 8 heteroatoms. The van der Waals surface area contributed by atoms with Gasteiger partial charge in [-0.3, -0.25) is 24.6 Å². The number of hydrogen-bond acceptors (Lipinski definition) is 5. The number of amides is 1. The lowest BCUT2D eigenvalue weighted by Crippen LogP contribution is -2.51. The highest BCUT2D eigenvalue weighted by Crippen LogP contribution is 2.55. The number of non-ortho nitro benzene ring substituents is 1. The molecule has 3 aromatic carbocycles. The minimum Gasteiger partial charge on any atom is -0.324 e. The van der Waals surface area contributed by atoms with Gasteiger partial charge in [0.1, 0.15) is 11.4 Å². The second-order valence-corrected chi connectivity index (χ2v) is 8.45. The minimum absolute atomic E-state index is 0.0508. The fourth-order valence-electron chi connectivity index (χ4n) is 5.33. The van der Waals surface area contributed by atoms with E-state index in [0.29, 0.717) is 23.4 Å². The van der Waals surface area contributed by atoms with E-state index in [9.17, 15) is 24.1 Å². The number of carbonyl (C=O) groups excluding carboxylic acids is 2. The van der Waals surface area contributed by atoms with Gasteiger partial charge in [0, 0.05) is 41.4 Å². The van der Waals surface area contributed by atoms with Crippen molar-refractivity contribution in [1.82, 2.24) is 4.90 Å². The molecule has 5 rings (SSSR count). The average molecular weight is 445 g/mol. The number of hydrogen-bond donors (Lipinski definition) is 1. The Hall–Kier alpha value is -3.91. The second-order valence-electron chi connectivity index (χ2n) is 8.45. The first-order chi connectivity index (χ1) is 15.8. The van der Waals surface area contributed by atoms with Crippen molar-refractivity contribution in [3.05, 3.63) is 105 Å². The molecule has 2 aliphatic heterocycles. The van der Waals surface area contributed by atoms with Gasteiger partial charge in [-0.05, 0) is 42.9 Å². The van der Waals surface area contributed by atoms with Gasteiger partial charge in [-0.15, -0.1) is 0 Å². The number of halogens is 1. The highest BCUT2D eigenvalue weighted by Gasteiger charge is 2.64. The van der Waals surface area contributed by atoms with E-state index in [4.69, 9.17) is 0 Å². The molecular formula is C25H20FN3O4. The number of para-hydroxylation sites is 1. The van der Waals surface area contributed by atoms with Gasteiger partial charge < -0.3 is 5.32 Å². The molecule has 166 valence electrons. The first-order valence-electron chi connectivity index (χ1n) is 10.5. The number of nitrogens with one attached hydrogen (secondary N) is 1. The molecule has 3 aromatic rings. The number of rotatable bonds is 4. The molecule has 0 aliphatic carbocycles. The molecule has 3 atom stereocenters. The van der Waals surface area contributed by atoms with E-state index in [2.05, 4.69) is 5.32 Å². The zero-order valence-corrected chi connectivity index (χ0v) is 17.7. The van der Waals surface area contributed by atoms with Crippen molar-refractivity contribution in [2.24, 2.45) is 5.92 Å². The maximum absolute atomic E-state index is 13.9. The van der Waals surface area contributed by atoms with Crippen molar-refractivity contribution in [1.29, 1.82) is 0 Å². The predicted octanol–water partition coefficient (Wildman–Crippen LogP) is 4.11. The van der Waals surface area contributed by atoms with Crippen molar-refractivity contribution < 1.29 is 18.9 Å². The van der Waals surface area contributed by atoms with Crippen LogP contribution in [0.5, 0.6) is 0 Å². The molecule has 33 heavy (non-hydrogen) atoms. The lowest BCUT2D eigenvalue weighted by Gasteiger charge is -2.35. The van der Waals surface area contributed by atoms with E-state index >= 15 is 0 Å². The number of nitrogens with zero attached hydrogens (tertiary/aromatic N) is 2. The van der Waals surface area contributed by atoms with Crippen LogP contribution < -0.4 is 5.32 Å². The largest absolute Gasteiger partial charge is 0.324 e. The number of likely N-dealkylation sites (tertiary alicyclic amines) is 1. The van der Waals surface area contributed by atoms with E-state index in [1.165, 1.54) is 36.4 Å². The third-order valence-corrected chi connectivity index (χ3v) is 6.80. The van der Waals surface area contributed by atoms with Crippen molar-refractivity contribution in [2.45, 2.75) is 11.5 Å². The second kappa shape index (κ2) is 7.60. The van der Waals surface area contributed by atoms with Gasteiger partial charge in [0.05, 0.1) is 10.8 Å². The van der Waals surface area contributed by atoms with Gasteiger partial charge in [0.25, 0.3) is 5.69 Å². The molecule has 0 aromatic heterocycles. The van der Waals surface area contributed by atoms with Crippen LogP contribution in [0.1, 0.15) is 27.4 Å². The van der Waals surface area contributed by atoms with Crippen LogP contribution in [0.3, 0.4) is 0 Å². The van der Waals surface area contributed by atoms with Crippen LogP contribution >= 0.6 is 0 Å². The van der Waals surface area contributed by atoms with Crippen LogP contribution in [0, 0.1) is 21.8 Å². The van der Waals surface area contributed by atoms with Gasteiger partial charge in [0.15, 0.2) is 5.78 Å². The molecule has 7 nitrogen and oxygen atoms in total. The lowest BCUT2D eigenvalue weighted by atomic mass is 9.70. The highest BCUT2D eigenvalue weighted by molar-refractivity contribution is 6.12. The zero-order valence-electron chi connectivity index (χ0n) is 17.7. The summed E-state index contributed by atoms with van der Waals surface area (Å²) in [6, 6.07) is 18.7. The summed E-state index contributed by atoms with van der Waals surface area (Å²) >= 11 is 0. The number of carbonyl (C=O) groups is 2. The SMILES string of the molecule is CN1C[C@H](c2ccc([N+](=O)[O-])cc2)[C@H](C(=O)c2ccc(F)cc2)[C@]12C(=O)Nc1ccccc12. The Bertz CT molecular complexity index is 1280. The predicted molar refractivity (Wildman–Crippen MR) is 119 cm³/mol. The van der Waals surface area contributed by atoms with Crippen LogP contribution in [0.15, 0.2) is 72.8 Å². The number of Topliss-reactive ketones (excluding diaryl/α,β-unsaturated/α-hetero) is 1. The molecule has 0 unspecified atom stereocenters. The number of ketones is 1. The summed E-state index contributed by atoms with van der Waals surface area (Å²) in [6.07, 6.45) is 0. The number of anilines is 1. The van der Waals surface area contributed by atoms with Crippen LogP contribution in [0.4, 0.5) is 15.8 Å². The summed E-state index contributed by atoms with van der Waals surface area (Å²) in [7, 11) is 1.80. The molecular weight excluding hydrogens is 425 g/mol. The Balaban J connectivity index is 1.69. The number of nitro groups is 1. The summed E-state index contributed by atoms with van der Waals surface area (Å²) in [5.74, 6) is -2.27. The van der Waals surface area contributed by atoms with Crippen LogP contribution in [0.25, 0.3) is 0 Å². The minimum atomic E-state index is -1.26.